The molecule has 0 saturated heterocycles. The van der Waals surface area contributed by atoms with Crippen molar-refractivity contribution in [2.45, 2.75) is 38.0 Å². The molecule has 0 radical (unpaired) electrons. The molecule has 0 unspecified atom stereocenters. The first-order valence-corrected chi connectivity index (χ1v) is 9.23. The molecular formula is C16H25N3O2S2. The van der Waals surface area contributed by atoms with Gasteiger partial charge >= 0.3 is 0 Å². The molecule has 0 heterocycles. The van der Waals surface area contributed by atoms with E-state index in [4.69, 9.17) is 17.0 Å². The zero-order valence-electron chi connectivity index (χ0n) is 13.7. The Bertz CT molecular complexity index is 481. The molecule has 0 fully saturated rings. The highest BCUT2D eigenvalue weighted by molar-refractivity contribution is 8.00. The maximum atomic E-state index is 11.8. The van der Waals surface area contributed by atoms with Crippen LogP contribution >= 0.6 is 24.0 Å². The van der Waals surface area contributed by atoms with Gasteiger partial charge in [0.05, 0.1) is 12.4 Å². The number of thiocarbonyl (C=S) groups is 1. The second-order valence-electron chi connectivity index (χ2n) is 4.83. The molecule has 3 N–H and O–H groups in total. The molecule has 0 bridgehead atoms. The summed E-state index contributed by atoms with van der Waals surface area (Å²) in [5.74, 6) is 1.03. The van der Waals surface area contributed by atoms with Gasteiger partial charge in [-0.05, 0) is 49.8 Å². The topological polar surface area (TPSA) is 62.4 Å². The lowest BCUT2D eigenvalue weighted by Gasteiger charge is -2.11. The molecule has 5 nitrogen and oxygen atoms in total. The molecule has 0 spiro atoms. The van der Waals surface area contributed by atoms with Gasteiger partial charge < -0.3 is 10.1 Å². The smallest absolute Gasteiger partial charge is 0.248 e. The second kappa shape index (κ2) is 12.0. The lowest BCUT2D eigenvalue weighted by atomic mass is 10.2. The molecule has 0 atom stereocenters. The predicted molar refractivity (Wildman–Crippen MR) is 99.7 cm³/mol. The summed E-state index contributed by atoms with van der Waals surface area (Å²) in [6.45, 7) is 5.56. The molecule has 0 aromatic heterocycles. The molecular weight excluding hydrogens is 330 g/mol. The van der Waals surface area contributed by atoms with Crippen molar-refractivity contribution in [3.63, 3.8) is 0 Å². The molecule has 1 rings (SSSR count). The Balaban J connectivity index is 2.17. The highest BCUT2D eigenvalue weighted by Crippen LogP contribution is 2.21. The van der Waals surface area contributed by atoms with Crippen LogP contribution in [0.3, 0.4) is 0 Å². The molecule has 1 aromatic carbocycles. The Morgan fingerprint density at radius 1 is 1.17 bits per heavy atom. The molecule has 7 heteroatoms. The number of hydrogen-bond acceptors (Lipinski definition) is 4. The van der Waals surface area contributed by atoms with Crippen LogP contribution in [0, 0.1) is 0 Å². The van der Waals surface area contributed by atoms with Crippen LogP contribution in [0.15, 0.2) is 29.2 Å². The Labute approximate surface area is 147 Å². The minimum atomic E-state index is -0.124. The van der Waals surface area contributed by atoms with Crippen molar-refractivity contribution in [1.29, 1.82) is 0 Å². The van der Waals surface area contributed by atoms with Crippen LogP contribution in [0.1, 0.15) is 33.1 Å². The number of hydrazine groups is 1. The molecule has 0 aliphatic carbocycles. The third-order valence-electron chi connectivity index (χ3n) is 2.89. The molecule has 0 aliphatic rings. The van der Waals surface area contributed by atoms with Crippen molar-refractivity contribution < 1.29 is 9.53 Å². The summed E-state index contributed by atoms with van der Waals surface area (Å²) in [6.07, 6.45) is 3.40. The number of benzene rings is 1. The van der Waals surface area contributed by atoms with Gasteiger partial charge in [-0.3, -0.25) is 15.6 Å². The van der Waals surface area contributed by atoms with Crippen LogP contribution in [0.25, 0.3) is 0 Å². The SMILES string of the molecule is CCCCCNC(=S)NNC(=O)CSc1ccc(OCC)cc1. The van der Waals surface area contributed by atoms with Gasteiger partial charge in [-0.1, -0.05) is 19.8 Å². The normalized spacial score (nSPS) is 10.0. The van der Waals surface area contributed by atoms with Crippen LogP contribution in [0.2, 0.25) is 0 Å². The zero-order valence-corrected chi connectivity index (χ0v) is 15.3. The minimum Gasteiger partial charge on any atom is -0.494 e. The second-order valence-corrected chi connectivity index (χ2v) is 6.29. The summed E-state index contributed by atoms with van der Waals surface area (Å²) in [7, 11) is 0. The van der Waals surface area contributed by atoms with Crippen LogP contribution in [-0.4, -0.2) is 29.9 Å². The number of carbonyl (C=O) groups is 1. The van der Waals surface area contributed by atoms with Crippen LogP contribution in [0.5, 0.6) is 5.75 Å². The van der Waals surface area contributed by atoms with E-state index in [1.54, 1.807) is 0 Å². The summed E-state index contributed by atoms with van der Waals surface area (Å²) >= 11 is 6.54. The van der Waals surface area contributed by atoms with Gasteiger partial charge in [-0.15, -0.1) is 11.8 Å². The van der Waals surface area contributed by atoms with Crippen molar-refractivity contribution in [3.8, 4) is 5.75 Å². The predicted octanol–water partition coefficient (Wildman–Crippen LogP) is 2.86. The molecule has 0 saturated carbocycles. The van der Waals surface area contributed by atoms with Crippen molar-refractivity contribution in [2.24, 2.45) is 0 Å². The first-order chi connectivity index (χ1) is 11.2. The molecule has 128 valence electrons. The summed E-state index contributed by atoms with van der Waals surface area (Å²) in [5, 5.41) is 3.49. The van der Waals surface area contributed by atoms with Crippen LogP contribution in [0.4, 0.5) is 0 Å². The Morgan fingerprint density at radius 2 is 1.91 bits per heavy atom. The average molecular weight is 356 g/mol. The maximum Gasteiger partial charge on any atom is 0.248 e. The van der Waals surface area contributed by atoms with E-state index in [9.17, 15) is 4.79 Å². The number of unbranched alkanes of at least 4 members (excludes halogenated alkanes) is 2. The summed E-state index contributed by atoms with van der Waals surface area (Å²) in [5.41, 5.74) is 5.30. The standard InChI is InChI=1S/C16H25N3O2S2/c1-3-5-6-11-17-16(22)19-18-15(20)12-23-14-9-7-13(8-10-14)21-4-2/h7-10H,3-6,11-12H2,1-2H3,(H,18,20)(H2,17,19,22). The van der Waals surface area contributed by atoms with Crippen LogP contribution < -0.4 is 20.9 Å². The largest absolute Gasteiger partial charge is 0.494 e. The van der Waals surface area contributed by atoms with E-state index in [0.717, 1.165) is 23.6 Å². The first-order valence-electron chi connectivity index (χ1n) is 7.84. The maximum absolute atomic E-state index is 11.8. The lowest BCUT2D eigenvalue weighted by Crippen LogP contribution is -2.47. The van der Waals surface area contributed by atoms with E-state index in [0.29, 0.717) is 17.5 Å². The summed E-state index contributed by atoms with van der Waals surface area (Å²) < 4.78 is 5.38. The van der Waals surface area contributed by atoms with Crippen molar-refractivity contribution in [1.82, 2.24) is 16.2 Å². The quantitative estimate of drug-likeness (QED) is 0.274. The monoisotopic (exact) mass is 355 g/mol. The third-order valence-corrected chi connectivity index (χ3v) is 4.14. The first kappa shape index (κ1) is 19.6. The fourth-order valence-electron chi connectivity index (χ4n) is 1.73. The van der Waals surface area contributed by atoms with Gasteiger partial charge in [0, 0.05) is 11.4 Å². The highest BCUT2D eigenvalue weighted by Gasteiger charge is 2.04. The van der Waals surface area contributed by atoms with Gasteiger partial charge in [0.15, 0.2) is 5.11 Å². The number of thioether (sulfide) groups is 1. The number of nitrogens with one attached hydrogen (secondary N) is 3. The van der Waals surface area contributed by atoms with E-state index in [2.05, 4.69) is 23.1 Å². The van der Waals surface area contributed by atoms with Crippen LogP contribution in [-0.2, 0) is 4.79 Å². The van der Waals surface area contributed by atoms with Gasteiger partial charge in [0.2, 0.25) is 5.91 Å². The van der Waals surface area contributed by atoms with E-state index in [1.807, 2.05) is 31.2 Å². The zero-order chi connectivity index (χ0) is 16.9. The lowest BCUT2D eigenvalue weighted by molar-refractivity contribution is -0.119. The van der Waals surface area contributed by atoms with Gasteiger partial charge in [-0.25, -0.2) is 0 Å². The van der Waals surface area contributed by atoms with E-state index >= 15 is 0 Å². The van der Waals surface area contributed by atoms with Gasteiger partial charge in [-0.2, -0.15) is 0 Å². The van der Waals surface area contributed by atoms with E-state index < -0.39 is 0 Å². The fraction of sp³-hybridized carbons (Fsp3) is 0.500. The molecule has 23 heavy (non-hydrogen) atoms. The van der Waals surface area contributed by atoms with Crippen molar-refractivity contribution in [3.05, 3.63) is 24.3 Å². The Morgan fingerprint density at radius 3 is 2.57 bits per heavy atom. The average Bonchev–Trinajstić information content (AvgIpc) is 2.56. The molecule has 1 aromatic rings. The van der Waals surface area contributed by atoms with E-state index in [1.165, 1.54) is 24.6 Å². The number of hydrogen-bond donors (Lipinski definition) is 3. The highest BCUT2D eigenvalue weighted by atomic mass is 32.2. The summed E-state index contributed by atoms with van der Waals surface area (Å²) in [4.78, 5) is 12.8. The number of amides is 1. The fourth-order valence-corrected chi connectivity index (χ4v) is 2.58. The Hall–Kier alpha value is -1.47. The minimum absolute atomic E-state index is 0.124. The molecule has 0 aliphatic heterocycles. The number of rotatable bonds is 9. The van der Waals surface area contributed by atoms with Gasteiger partial charge in [0.1, 0.15) is 5.75 Å². The Kier molecular flexibility index (Phi) is 10.2. The summed E-state index contributed by atoms with van der Waals surface area (Å²) in [6, 6.07) is 7.68. The number of carbonyl (C=O) groups excluding carboxylic acids is 1. The number of ether oxygens (including phenoxy) is 1. The third kappa shape index (κ3) is 9.30. The van der Waals surface area contributed by atoms with Gasteiger partial charge in [0.25, 0.3) is 0 Å². The molecule has 1 amide bonds. The van der Waals surface area contributed by atoms with E-state index in [-0.39, 0.29) is 5.91 Å². The van der Waals surface area contributed by atoms with Crippen molar-refractivity contribution >= 4 is 35.0 Å². The van der Waals surface area contributed by atoms with Crippen molar-refractivity contribution in [2.75, 3.05) is 18.9 Å².